The fourth-order valence-corrected chi connectivity index (χ4v) is 4.20. The molecule has 2 nitrogen and oxygen atoms in total. The molecule has 0 bridgehead atoms. The summed E-state index contributed by atoms with van der Waals surface area (Å²) in [5, 5.41) is 0. The second-order valence-corrected chi connectivity index (χ2v) is 6.66. The van der Waals surface area contributed by atoms with E-state index in [1.165, 1.54) is 23.4 Å². The van der Waals surface area contributed by atoms with Crippen molar-refractivity contribution < 1.29 is 17.9 Å². The fraction of sp³-hybridized carbons (Fsp3) is 0.421. The Labute approximate surface area is 138 Å². The molecular formula is C19H18F3NO. The summed E-state index contributed by atoms with van der Waals surface area (Å²) in [5.74, 6) is 1.26. The molecular weight excluding hydrogens is 315 g/mol. The molecule has 0 saturated heterocycles. The number of ether oxygens (including phenoxy) is 1. The molecule has 1 fully saturated rings. The van der Waals surface area contributed by atoms with Crippen LogP contribution < -0.4 is 4.74 Å². The Balaban J connectivity index is 1.50. The number of nitrogens with zero attached hydrogens (tertiary/aromatic N) is 1. The molecule has 1 heterocycles. The number of hydrogen-bond acceptors (Lipinski definition) is 2. The third kappa shape index (κ3) is 2.87. The molecule has 0 amide bonds. The van der Waals surface area contributed by atoms with Crippen LogP contribution in [0, 0.1) is 5.92 Å². The number of fused-ring (bicyclic) bond motifs is 1. The van der Waals surface area contributed by atoms with E-state index < -0.39 is 6.36 Å². The summed E-state index contributed by atoms with van der Waals surface area (Å²) in [4.78, 5) is 4.58. The van der Waals surface area contributed by atoms with Crippen LogP contribution in [0.5, 0.6) is 5.75 Å². The molecule has 3 unspecified atom stereocenters. The Bertz CT molecular complexity index is 726. The van der Waals surface area contributed by atoms with Crippen molar-refractivity contribution in [3.05, 3.63) is 59.4 Å². The third-order valence-electron chi connectivity index (χ3n) is 5.39. The summed E-state index contributed by atoms with van der Waals surface area (Å²) in [6.07, 6.45) is 1.67. The summed E-state index contributed by atoms with van der Waals surface area (Å²) in [7, 11) is 0. The van der Waals surface area contributed by atoms with E-state index in [0.29, 0.717) is 17.8 Å². The van der Waals surface area contributed by atoms with Gasteiger partial charge in [-0.15, -0.1) is 13.2 Å². The Kier molecular flexibility index (Phi) is 3.74. The lowest BCUT2D eigenvalue weighted by Gasteiger charge is -2.41. The molecule has 1 aromatic carbocycles. The van der Waals surface area contributed by atoms with Crippen molar-refractivity contribution >= 4 is 0 Å². The van der Waals surface area contributed by atoms with Crippen molar-refractivity contribution in [1.29, 1.82) is 0 Å². The van der Waals surface area contributed by atoms with Crippen LogP contribution in [0.3, 0.4) is 0 Å². The van der Waals surface area contributed by atoms with E-state index in [-0.39, 0.29) is 5.75 Å². The first-order chi connectivity index (χ1) is 11.5. The smallest absolute Gasteiger partial charge is 0.406 e. The zero-order valence-corrected chi connectivity index (χ0v) is 13.1. The maximum atomic E-state index is 12.3. The summed E-state index contributed by atoms with van der Waals surface area (Å²) >= 11 is 0. The highest BCUT2D eigenvalue weighted by molar-refractivity contribution is 5.35. The summed E-state index contributed by atoms with van der Waals surface area (Å²) < 4.78 is 40.7. The Morgan fingerprint density at radius 3 is 2.42 bits per heavy atom. The molecule has 2 aromatic rings. The van der Waals surface area contributed by atoms with Crippen molar-refractivity contribution in [2.24, 2.45) is 5.92 Å². The number of pyridine rings is 1. The molecule has 24 heavy (non-hydrogen) atoms. The van der Waals surface area contributed by atoms with Crippen molar-refractivity contribution in [2.75, 3.05) is 0 Å². The second kappa shape index (κ2) is 5.80. The predicted octanol–water partition coefficient (Wildman–Crippen LogP) is 5.20. The van der Waals surface area contributed by atoms with Crippen LogP contribution >= 0.6 is 0 Å². The molecule has 0 radical (unpaired) electrons. The van der Waals surface area contributed by atoms with Gasteiger partial charge in [0.05, 0.1) is 0 Å². The van der Waals surface area contributed by atoms with Crippen LogP contribution in [0.4, 0.5) is 13.2 Å². The molecule has 3 atom stereocenters. The lowest BCUT2D eigenvalue weighted by molar-refractivity contribution is -0.274. The van der Waals surface area contributed by atoms with Gasteiger partial charge >= 0.3 is 6.36 Å². The van der Waals surface area contributed by atoms with Gasteiger partial charge in [-0.2, -0.15) is 0 Å². The zero-order valence-electron chi connectivity index (χ0n) is 13.1. The van der Waals surface area contributed by atoms with Crippen LogP contribution in [-0.2, 0) is 6.42 Å². The first-order valence-corrected chi connectivity index (χ1v) is 8.31. The highest BCUT2D eigenvalue weighted by Gasteiger charge is 2.41. The molecule has 0 N–H and O–H groups in total. The first kappa shape index (κ1) is 15.5. The van der Waals surface area contributed by atoms with E-state index in [1.54, 1.807) is 12.1 Å². The number of halogens is 3. The monoisotopic (exact) mass is 333 g/mol. The van der Waals surface area contributed by atoms with Gasteiger partial charge in [0.1, 0.15) is 5.75 Å². The number of alkyl halides is 3. The lowest BCUT2D eigenvalue weighted by Crippen LogP contribution is -2.29. The molecule has 4 rings (SSSR count). The number of hydrogen-bond donors (Lipinski definition) is 0. The maximum Gasteiger partial charge on any atom is 0.573 e. The predicted molar refractivity (Wildman–Crippen MR) is 83.9 cm³/mol. The molecule has 1 aromatic heterocycles. The van der Waals surface area contributed by atoms with Gasteiger partial charge in [-0.1, -0.05) is 18.2 Å². The quantitative estimate of drug-likeness (QED) is 0.770. The number of aryl methyl sites for hydroxylation is 1. The van der Waals surface area contributed by atoms with Gasteiger partial charge in [0.15, 0.2) is 0 Å². The third-order valence-corrected chi connectivity index (χ3v) is 5.39. The van der Waals surface area contributed by atoms with Crippen LogP contribution in [0.25, 0.3) is 0 Å². The van der Waals surface area contributed by atoms with E-state index in [2.05, 4.69) is 15.8 Å². The van der Waals surface area contributed by atoms with Gasteiger partial charge < -0.3 is 4.74 Å². The average molecular weight is 333 g/mol. The minimum Gasteiger partial charge on any atom is -0.406 e. The topological polar surface area (TPSA) is 22.1 Å². The first-order valence-electron chi connectivity index (χ1n) is 8.31. The Morgan fingerprint density at radius 1 is 0.958 bits per heavy atom. The van der Waals surface area contributed by atoms with Gasteiger partial charge in [0, 0.05) is 17.8 Å². The van der Waals surface area contributed by atoms with E-state index in [9.17, 15) is 13.2 Å². The zero-order chi connectivity index (χ0) is 16.7. The van der Waals surface area contributed by atoms with Crippen molar-refractivity contribution in [1.82, 2.24) is 4.98 Å². The molecule has 2 aliphatic carbocycles. The van der Waals surface area contributed by atoms with Crippen molar-refractivity contribution in [3.8, 4) is 5.75 Å². The molecule has 5 heteroatoms. The summed E-state index contributed by atoms with van der Waals surface area (Å²) in [5.41, 5.74) is 3.68. The fourth-order valence-electron chi connectivity index (χ4n) is 4.20. The standard InChI is InChI=1S/C19H18F3NO/c20-19(21,22)24-14-6-3-12(4-7-14)15-9-10-16(15)17-8-5-13-2-1-11-23-18(13)17/h1-4,6-7,11,15-17H,5,8-10H2. The number of aromatic nitrogens is 1. The van der Waals surface area contributed by atoms with E-state index in [4.69, 9.17) is 0 Å². The van der Waals surface area contributed by atoms with Gasteiger partial charge in [-0.25, -0.2) is 0 Å². The average Bonchev–Trinajstić information content (AvgIpc) is 2.91. The van der Waals surface area contributed by atoms with Crippen molar-refractivity contribution in [2.45, 2.75) is 43.9 Å². The van der Waals surface area contributed by atoms with E-state index >= 15 is 0 Å². The minimum absolute atomic E-state index is 0.157. The number of rotatable bonds is 3. The highest BCUT2D eigenvalue weighted by atomic mass is 19.4. The largest absolute Gasteiger partial charge is 0.573 e. The van der Waals surface area contributed by atoms with Gasteiger partial charge in [-0.3, -0.25) is 4.98 Å². The lowest BCUT2D eigenvalue weighted by atomic mass is 9.63. The van der Waals surface area contributed by atoms with Crippen molar-refractivity contribution in [3.63, 3.8) is 0 Å². The molecule has 0 spiro atoms. The van der Waals surface area contributed by atoms with Gasteiger partial charge in [-0.05, 0) is 66.8 Å². The van der Waals surface area contributed by atoms with Crippen LogP contribution in [0.1, 0.15) is 47.9 Å². The van der Waals surface area contributed by atoms with Crippen LogP contribution in [-0.4, -0.2) is 11.3 Å². The molecule has 126 valence electrons. The Hall–Kier alpha value is -2.04. The molecule has 2 aliphatic rings. The summed E-state index contributed by atoms with van der Waals surface area (Å²) in [6, 6.07) is 10.5. The van der Waals surface area contributed by atoms with E-state index in [0.717, 1.165) is 31.2 Å². The maximum absolute atomic E-state index is 12.3. The summed E-state index contributed by atoms with van der Waals surface area (Å²) in [6.45, 7) is 0. The second-order valence-electron chi connectivity index (χ2n) is 6.66. The number of benzene rings is 1. The Morgan fingerprint density at radius 2 is 1.75 bits per heavy atom. The van der Waals surface area contributed by atoms with Crippen LogP contribution in [0.15, 0.2) is 42.6 Å². The highest BCUT2D eigenvalue weighted by Crippen LogP contribution is 2.53. The SMILES string of the molecule is FC(F)(F)Oc1ccc(C2CCC2C2CCc3cccnc32)cc1. The molecule has 1 saturated carbocycles. The van der Waals surface area contributed by atoms with Crippen LogP contribution in [0.2, 0.25) is 0 Å². The van der Waals surface area contributed by atoms with E-state index in [1.807, 2.05) is 12.3 Å². The molecule has 0 aliphatic heterocycles. The minimum atomic E-state index is -4.64. The van der Waals surface area contributed by atoms with Gasteiger partial charge in [0.25, 0.3) is 0 Å². The normalized spacial score (nSPS) is 25.9. The van der Waals surface area contributed by atoms with Gasteiger partial charge in [0.2, 0.25) is 0 Å².